The fourth-order valence-electron chi connectivity index (χ4n) is 2.73. The zero-order valence-corrected chi connectivity index (χ0v) is 15.0. The van der Waals surface area contributed by atoms with Crippen molar-refractivity contribution in [3.8, 4) is 39.8 Å². The molecule has 4 rings (SSSR count). The second-order valence-corrected chi connectivity index (χ2v) is 5.49. The van der Waals surface area contributed by atoms with Gasteiger partial charge in [-0.2, -0.15) is 4.98 Å². The minimum atomic E-state index is -0.0678. The van der Waals surface area contributed by atoms with E-state index in [2.05, 4.69) is 4.98 Å². The van der Waals surface area contributed by atoms with Crippen LogP contribution in [0.4, 0.5) is 0 Å². The molecule has 0 saturated carbocycles. The van der Waals surface area contributed by atoms with Gasteiger partial charge < -0.3 is 9.52 Å². The second-order valence-electron chi connectivity index (χ2n) is 5.49. The van der Waals surface area contributed by atoms with Gasteiger partial charge in [-0.05, 0) is 18.2 Å². The smallest absolute Gasteiger partial charge is 0.872 e. The number of rotatable bonds is 3. The van der Waals surface area contributed by atoms with Gasteiger partial charge in [0.25, 0.3) is 5.69 Å². The molecule has 0 aliphatic heterocycles. The van der Waals surface area contributed by atoms with Crippen molar-refractivity contribution >= 4 is 23.1 Å². The van der Waals surface area contributed by atoms with Gasteiger partial charge in [0.15, 0.2) is 0 Å². The van der Waals surface area contributed by atoms with Crippen LogP contribution < -0.4 is 10.1 Å². The number of benzene rings is 3. The summed E-state index contributed by atoms with van der Waals surface area (Å²) in [4.78, 5) is 3.29. The predicted molar refractivity (Wildman–Crippen MR) is 96.8 cm³/mol. The van der Waals surface area contributed by atoms with Gasteiger partial charge in [0.1, 0.15) is 0 Å². The van der Waals surface area contributed by atoms with E-state index in [-0.39, 0.29) is 28.8 Å². The Labute approximate surface area is 162 Å². The van der Waals surface area contributed by atoms with Crippen LogP contribution in [0.15, 0.2) is 89.3 Å². The summed E-state index contributed by atoms with van der Waals surface area (Å²) in [5.74, 6) is 1.13. The summed E-state index contributed by atoms with van der Waals surface area (Å²) in [5.41, 5.74) is 3.36. The van der Waals surface area contributed by atoms with Gasteiger partial charge in [-0.1, -0.05) is 72.5 Å². The molecule has 3 nitrogen and oxygen atoms in total. The molecule has 0 saturated heterocycles. The van der Waals surface area contributed by atoms with E-state index in [4.69, 9.17) is 4.42 Å². The first-order valence-corrected chi connectivity index (χ1v) is 7.76. The minimum Gasteiger partial charge on any atom is -0.872 e. The van der Waals surface area contributed by atoms with Crippen molar-refractivity contribution in [2.45, 2.75) is 0 Å². The molecule has 0 atom stereocenters. The Morgan fingerprint density at radius 2 is 1.24 bits per heavy atom. The summed E-state index contributed by atoms with van der Waals surface area (Å²) in [6.45, 7) is 0. The fraction of sp³-hybridized carbons (Fsp3) is 0. The monoisotopic (exact) mass is 337 g/mol. The van der Waals surface area contributed by atoms with E-state index in [1.165, 1.54) is 6.07 Å². The molecule has 1 N–H and O–H groups in total. The molecule has 0 aliphatic rings. The molecule has 0 aliphatic carbocycles. The molecule has 3 aromatic carbocycles. The Kier molecular flexibility index (Phi) is 5.21. The van der Waals surface area contributed by atoms with Crippen LogP contribution in [0.2, 0.25) is 0 Å². The van der Waals surface area contributed by atoms with Crippen LogP contribution in [-0.4, -0.2) is 23.1 Å². The molecule has 4 aromatic rings. The molecule has 116 valence electrons. The van der Waals surface area contributed by atoms with Gasteiger partial charge in [0.05, 0.1) is 11.1 Å². The van der Waals surface area contributed by atoms with Crippen LogP contribution in [0.3, 0.4) is 0 Å². The number of hydrogen-bond acceptors (Lipinski definition) is 2. The van der Waals surface area contributed by atoms with Crippen molar-refractivity contribution in [1.82, 2.24) is 0 Å². The number of oxazole rings is 1. The topological polar surface area (TPSA) is 50.3 Å². The molecule has 4 heteroatoms. The quantitative estimate of drug-likeness (QED) is 0.534. The van der Waals surface area contributed by atoms with Crippen molar-refractivity contribution in [1.29, 1.82) is 0 Å². The summed E-state index contributed by atoms with van der Waals surface area (Å²) in [6, 6.07) is 26.7. The molecule has 0 unspecified atom stereocenters. The van der Waals surface area contributed by atoms with Crippen molar-refractivity contribution in [3.63, 3.8) is 0 Å². The van der Waals surface area contributed by atoms with Crippen LogP contribution in [0.5, 0.6) is 5.75 Å². The summed E-state index contributed by atoms with van der Waals surface area (Å²) >= 11 is 0. The van der Waals surface area contributed by atoms with Crippen LogP contribution >= 0.6 is 0 Å². The minimum absolute atomic E-state index is 0. The molecule has 0 spiro atoms. The molecule has 1 heterocycles. The van der Waals surface area contributed by atoms with Crippen LogP contribution in [0.1, 0.15) is 0 Å². The zero-order chi connectivity index (χ0) is 16.4. The first-order chi connectivity index (χ1) is 11.8. The average molecular weight is 338 g/mol. The number of aromatic nitrogens is 1. The van der Waals surface area contributed by atoms with E-state index in [0.717, 1.165) is 22.6 Å². The van der Waals surface area contributed by atoms with Crippen LogP contribution in [-0.2, 0) is 0 Å². The Morgan fingerprint density at radius 3 is 1.88 bits per heavy atom. The van der Waals surface area contributed by atoms with Crippen molar-refractivity contribution < 1.29 is 14.5 Å². The Hall–Kier alpha value is -2.56. The molecule has 1 aromatic heterocycles. The third-order valence-electron chi connectivity index (χ3n) is 3.90. The van der Waals surface area contributed by atoms with Crippen LogP contribution in [0, 0.1) is 0 Å². The fourth-order valence-corrected chi connectivity index (χ4v) is 2.73. The summed E-state index contributed by atoms with van der Waals surface area (Å²) in [5, 5.41) is 12.1. The third kappa shape index (κ3) is 3.45. The Balaban J connectivity index is 0.00000182. The number of H-pyrrole nitrogens is 1. The van der Waals surface area contributed by atoms with Gasteiger partial charge in [-0.25, -0.2) is 0 Å². The van der Waals surface area contributed by atoms with Crippen molar-refractivity contribution in [2.75, 3.05) is 0 Å². The zero-order valence-electron chi connectivity index (χ0n) is 13.6. The molecular formula is C21H15MgNO2+2. The average Bonchev–Trinajstić information content (AvgIpc) is 3.09. The SMILES string of the molecule is [Mg+2].[O-]c1ccccc1-c1[nH+]c(-c2ccccc2)c(-c2ccccc2)o1. The Bertz CT molecular complexity index is 909. The van der Waals surface area contributed by atoms with E-state index in [1.54, 1.807) is 12.1 Å². The maximum Gasteiger partial charge on any atom is 2.00 e. The molecule has 0 radical (unpaired) electrons. The molecule has 0 bridgehead atoms. The van der Waals surface area contributed by atoms with E-state index < -0.39 is 0 Å². The second kappa shape index (κ2) is 7.55. The predicted octanol–water partition coefficient (Wildman–Crippen LogP) is 3.79. The first kappa shape index (κ1) is 17.3. The maximum atomic E-state index is 12.1. The van der Waals surface area contributed by atoms with Crippen LogP contribution in [0.25, 0.3) is 34.0 Å². The van der Waals surface area contributed by atoms with Gasteiger partial charge in [0, 0.05) is 5.56 Å². The molecule has 0 fully saturated rings. The number of aromatic amines is 1. The Morgan fingerprint density at radius 1 is 0.680 bits per heavy atom. The summed E-state index contributed by atoms with van der Waals surface area (Å²) in [6.07, 6.45) is 0. The van der Waals surface area contributed by atoms with E-state index in [0.29, 0.717) is 11.5 Å². The molecule has 0 amide bonds. The summed E-state index contributed by atoms with van der Waals surface area (Å²) in [7, 11) is 0. The van der Waals surface area contributed by atoms with E-state index >= 15 is 0 Å². The van der Waals surface area contributed by atoms with Crippen molar-refractivity contribution in [3.05, 3.63) is 84.9 Å². The standard InChI is InChI=1S/C21H15NO2.Mg/c23-18-14-8-7-13-17(18)21-22-19(15-9-3-1-4-10-15)20(24-21)16-11-5-2-6-12-16;/h1-14,23H;/q;+2. The van der Waals surface area contributed by atoms with Gasteiger partial charge in [-0.15, -0.1) is 0 Å². The largest absolute Gasteiger partial charge is 2.00 e. The van der Waals surface area contributed by atoms with Gasteiger partial charge in [0.2, 0.25) is 5.76 Å². The number of nitrogens with one attached hydrogen (secondary N) is 1. The van der Waals surface area contributed by atoms with Gasteiger partial charge in [-0.3, -0.25) is 0 Å². The number of para-hydroxylation sites is 1. The molecule has 25 heavy (non-hydrogen) atoms. The number of hydrogen-bond donors (Lipinski definition) is 0. The summed E-state index contributed by atoms with van der Waals surface area (Å²) < 4.78 is 6.07. The van der Waals surface area contributed by atoms with Crippen molar-refractivity contribution in [2.24, 2.45) is 0 Å². The van der Waals surface area contributed by atoms with E-state index in [9.17, 15) is 5.11 Å². The first-order valence-electron chi connectivity index (χ1n) is 7.76. The maximum absolute atomic E-state index is 12.1. The molecular weight excluding hydrogens is 323 g/mol. The normalized spacial score (nSPS) is 10.2. The van der Waals surface area contributed by atoms with E-state index in [1.807, 2.05) is 66.7 Å². The van der Waals surface area contributed by atoms with Gasteiger partial charge >= 0.3 is 28.9 Å². The third-order valence-corrected chi connectivity index (χ3v) is 3.90.